The average molecular weight is 408 g/mol. The van der Waals surface area contributed by atoms with Crippen molar-refractivity contribution in [1.82, 2.24) is 4.57 Å². The summed E-state index contributed by atoms with van der Waals surface area (Å²) in [5.41, 5.74) is -4.70. The topological polar surface area (TPSA) is 26.4 Å². The highest BCUT2D eigenvalue weighted by molar-refractivity contribution is 5.66. The molecule has 0 fully saturated rings. The third-order valence-corrected chi connectivity index (χ3v) is 4.16. The first-order chi connectivity index (χ1) is 13.6. The molecule has 0 radical (unpaired) electrons. The smallest absolute Gasteiger partial charge is 0.313 e. The van der Waals surface area contributed by atoms with Crippen molar-refractivity contribution in [3.8, 4) is 11.3 Å². The predicted molar refractivity (Wildman–Crippen MR) is 92.8 cm³/mol. The fourth-order valence-corrected chi connectivity index (χ4v) is 2.86. The Labute approximate surface area is 160 Å². The molecular weight excluding hydrogens is 398 g/mol. The van der Waals surface area contributed by atoms with E-state index >= 15 is 0 Å². The molecule has 0 aliphatic carbocycles. The molecule has 0 atom stereocenters. The Morgan fingerprint density at radius 2 is 1.66 bits per heavy atom. The van der Waals surface area contributed by atoms with Gasteiger partial charge in [0.1, 0.15) is 5.82 Å². The lowest BCUT2D eigenvalue weighted by atomic mass is 10.1. The Morgan fingerprint density at radius 1 is 1.00 bits per heavy atom. The summed E-state index contributed by atoms with van der Waals surface area (Å²) in [5.74, 6) is -4.07. The van der Waals surface area contributed by atoms with Crippen molar-refractivity contribution >= 4 is 5.69 Å². The molecule has 2 aromatic carbocycles. The number of alkyl halides is 3. The van der Waals surface area contributed by atoms with Crippen LogP contribution in [0.25, 0.3) is 16.1 Å². The fraction of sp³-hybridized carbons (Fsp3) is 0.100. The van der Waals surface area contributed by atoms with Crippen molar-refractivity contribution in [1.29, 1.82) is 0 Å². The van der Waals surface area contributed by atoms with Crippen LogP contribution in [0.4, 0.5) is 32.0 Å². The zero-order valence-corrected chi connectivity index (χ0v) is 14.4. The van der Waals surface area contributed by atoms with Crippen LogP contribution in [0.3, 0.4) is 0 Å². The summed E-state index contributed by atoms with van der Waals surface area (Å²) >= 11 is 0. The summed E-state index contributed by atoms with van der Waals surface area (Å²) in [6, 6.07) is 8.94. The maximum Gasteiger partial charge on any atom is 0.407 e. The van der Waals surface area contributed by atoms with Crippen LogP contribution >= 0.6 is 0 Å². The molecule has 0 saturated carbocycles. The van der Waals surface area contributed by atoms with Crippen molar-refractivity contribution in [2.45, 2.75) is 12.7 Å². The van der Waals surface area contributed by atoms with Gasteiger partial charge in [0.05, 0.1) is 18.7 Å². The van der Waals surface area contributed by atoms with E-state index in [9.17, 15) is 31.1 Å². The second-order valence-electron chi connectivity index (χ2n) is 6.02. The molecule has 0 N–H and O–H groups in total. The van der Waals surface area contributed by atoms with E-state index in [0.717, 1.165) is 0 Å². The first kappa shape index (κ1) is 20.2. The van der Waals surface area contributed by atoms with Crippen molar-refractivity contribution in [2.75, 3.05) is 0 Å². The van der Waals surface area contributed by atoms with Crippen LogP contribution in [-0.4, -0.2) is 4.57 Å². The highest BCUT2D eigenvalue weighted by atomic mass is 19.4. The molecule has 29 heavy (non-hydrogen) atoms. The van der Waals surface area contributed by atoms with E-state index in [0.29, 0.717) is 22.8 Å². The van der Waals surface area contributed by atoms with Gasteiger partial charge in [-0.15, -0.1) is 0 Å². The molecule has 9 heteroatoms. The summed E-state index contributed by atoms with van der Waals surface area (Å²) < 4.78 is 82.0. The van der Waals surface area contributed by atoms with E-state index in [1.54, 1.807) is 6.07 Å². The molecular formula is C20H10F6N2O. The summed E-state index contributed by atoms with van der Waals surface area (Å²) in [6.07, 6.45) is -4.99. The minimum absolute atomic E-state index is 0.170. The molecule has 0 spiro atoms. The van der Waals surface area contributed by atoms with Gasteiger partial charge in [0, 0.05) is 17.3 Å². The van der Waals surface area contributed by atoms with Gasteiger partial charge in [0.15, 0.2) is 11.6 Å². The van der Waals surface area contributed by atoms with Crippen molar-refractivity contribution in [3.05, 3.63) is 98.9 Å². The first-order valence-corrected chi connectivity index (χ1v) is 8.04. The lowest BCUT2D eigenvalue weighted by Crippen LogP contribution is -2.26. The van der Waals surface area contributed by atoms with E-state index in [1.807, 2.05) is 0 Å². The quantitative estimate of drug-likeness (QED) is 0.317. The van der Waals surface area contributed by atoms with Gasteiger partial charge in [-0.3, -0.25) is 4.79 Å². The molecule has 0 amide bonds. The van der Waals surface area contributed by atoms with Gasteiger partial charge in [0.25, 0.3) is 11.2 Å². The summed E-state index contributed by atoms with van der Waals surface area (Å²) in [7, 11) is 0. The number of benzene rings is 2. The van der Waals surface area contributed by atoms with Gasteiger partial charge in [-0.05, 0) is 17.7 Å². The Balaban J connectivity index is 2.34. The number of pyridine rings is 1. The van der Waals surface area contributed by atoms with E-state index in [2.05, 4.69) is 4.85 Å². The maximum atomic E-state index is 14.1. The molecule has 148 valence electrons. The lowest BCUT2D eigenvalue weighted by Gasteiger charge is -2.18. The molecule has 0 aliphatic heterocycles. The monoisotopic (exact) mass is 408 g/mol. The van der Waals surface area contributed by atoms with Gasteiger partial charge in [-0.1, -0.05) is 30.3 Å². The third kappa shape index (κ3) is 3.87. The van der Waals surface area contributed by atoms with Gasteiger partial charge in [0.2, 0.25) is 0 Å². The van der Waals surface area contributed by atoms with Crippen molar-refractivity contribution in [2.24, 2.45) is 0 Å². The molecule has 0 unspecified atom stereocenters. The van der Waals surface area contributed by atoms with Crippen molar-refractivity contribution in [3.63, 3.8) is 0 Å². The number of nitrogens with zero attached hydrogens (tertiary/aromatic N) is 2. The molecule has 3 nitrogen and oxygen atoms in total. The highest BCUT2D eigenvalue weighted by Gasteiger charge is 2.36. The molecule has 3 aromatic rings. The second kappa shape index (κ2) is 7.47. The number of aromatic nitrogens is 1. The molecule has 3 rings (SSSR count). The molecule has 0 bridgehead atoms. The van der Waals surface area contributed by atoms with Crippen LogP contribution in [0.5, 0.6) is 0 Å². The largest absolute Gasteiger partial charge is 0.407 e. The summed E-state index contributed by atoms with van der Waals surface area (Å²) in [5, 5.41) is 0. The molecule has 0 saturated heterocycles. The Hall–Kier alpha value is -3.54. The van der Waals surface area contributed by atoms with Crippen molar-refractivity contribution < 1.29 is 26.3 Å². The fourth-order valence-electron chi connectivity index (χ4n) is 2.86. The van der Waals surface area contributed by atoms with E-state index in [4.69, 9.17) is 6.57 Å². The Kier molecular flexibility index (Phi) is 5.20. The number of hydrogen-bond donors (Lipinski definition) is 0. The lowest BCUT2D eigenvalue weighted by molar-refractivity contribution is -0.136. The molecule has 1 heterocycles. The average Bonchev–Trinajstić information content (AvgIpc) is 2.66. The number of rotatable bonds is 3. The van der Waals surface area contributed by atoms with Gasteiger partial charge in [-0.25, -0.2) is 18.0 Å². The van der Waals surface area contributed by atoms with Gasteiger partial charge >= 0.3 is 6.18 Å². The highest BCUT2D eigenvalue weighted by Crippen LogP contribution is 2.37. The predicted octanol–water partition coefficient (Wildman–Crippen LogP) is 5.55. The third-order valence-electron chi connectivity index (χ3n) is 4.16. The normalized spacial score (nSPS) is 11.3. The van der Waals surface area contributed by atoms with Crippen LogP contribution in [0, 0.1) is 24.0 Å². The number of hydrogen-bond acceptors (Lipinski definition) is 1. The number of halogens is 6. The van der Waals surface area contributed by atoms with Crippen LogP contribution in [0.1, 0.15) is 11.1 Å². The SMILES string of the molecule is [C-]#[N+]c1c(C(F)(F)F)cc(-c2ccccc2)n(Cc2cc(F)cc(F)c2F)c1=O. The van der Waals surface area contributed by atoms with Crippen LogP contribution < -0.4 is 5.56 Å². The van der Waals surface area contributed by atoms with Crippen LogP contribution in [0.2, 0.25) is 0 Å². The second-order valence-corrected chi connectivity index (χ2v) is 6.02. The zero-order valence-electron chi connectivity index (χ0n) is 14.4. The first-order valence-electron chi connectivity index (χ1n) is 8.04. The van der Waals surface area contributed by atoms with Gasteiger partial charge < -0.3 is 4.57 Å². The van der Waals surface area contributed by atoms with Crippen LogP contribution in [0.15, 0.2) is 53.3 Å². The maximum absolute atomic E-state index is 14.1. The van der Waals surface area contributed by atoms with E-state index in [-0.39, 0.29) is 11.3 Å². The summed E-state index contributed by atoms with van der Waals surface area (Å²) in [6.45, 7) is 6.21. The van der Waals surface area contributed by atoms with Crippen LogP contribution in [-0.2, 0) is 12.7 Å². The molecule has 0 aliphatic rings. The minimum atomic E-state index is -4.99. The Morgan fingerprint density at radius 3 is 2.24 bits per heavy atom. The Bertz CT molecular complexity index is 1180. The zero-order chi connectivity index (χ0) is 21.3. The summed E-state index contributed by atoms with van der Waals surface area (Å²) in [4.78, 5) is 15.4. The van der Waals surface area contributed by atoms with E-state index < -0.39 is 52.5 Å². The van der Waals surface area contributed by atoms with Gasteiger partial charge in [-0.2, -0.15) is 13.2 Å². The minimum Gasteiger partial charge on any atom is -0.313 e. The molecule has 1 aromatic heterocycles. The standard InChI is InChI=1S/C20H10F6N2O/c1-27-18-14(20(24,25)26)9-16(11-5-3-2-4-6-11)28(19(18)29)10-12-7-13(21)8-15(22)17(12)23/h2-9H,10H2. The van der Waals surface area contributed by atoms with E-state index in [1.165, 1.54) is 24.3 Å².